The lowest BCUT2D eigenvalue weighted by molar-refractivity contribution is -0.122. The second kappa shape index (κ2) is 10.3. The highest BCUT2D eigenvalue weighted by atomic mass is 35.5. The number of benzene rings is 3. The standard InChI is InChI=1S/C29H33ClN2O3/c1-28(2,32-18-15-24(20-32)35-26-19-23(33)13-14-25(26)30)16-17-29(27(31)34,21-9-5-3-6-10-21)22-11-7-4-8-12-22/h3-14,19,24,33H,15-18,20H2,1-2H3,(H2,31,34). The molecule has 1 unspecified atom stereocenters. The molecule has 0 saturated carbocycles. The van der Waals surface area contributed by atoms with Crippen LogP contribution in [0.1, 0.15) is 44.2 Å². The van der Waals surface area contributed by atoms with E-state index < -0.39 is 5.41 Å². The normalized spacial score (nSPS) is 16.8. The van der Waals surface area contributed by atoms with Crippen LogP contribution in [-0.4, -0.2) is 40.6 Å². The third-order valence-corrected chi connectivity index (χ3v) is 7.59. The number of carbonyl (C=O) groups excluding carboxylic acids is 1. The molecule has 3 aromatic rings. The monoisotopic (exact) mass is 492 g/mol. The zero-order valence-corrected chi connectivity index (χ0v) is 21.0. The summed E-state index contributed by atoms with van der Waals surface area (Å²) in [4.78, 5) is 15.5. The summed E-state index contributed by atoms with van der Waals surface area (Å²) in [5, 5.41) is 10.3. The van der Waals surface area contributed by atoms with E-state index in [-0.39, 0.29) is 23.3 Å². The number of amides is 1. The predicted molar refractivity (Wildman–Crippen MR) is 140 cm³/mol. The summed E-state index contributed by atoms with van der Waals surface area (Å²) >= 11 is 6.25. The number of primary amides is 1. The lowest BCUT2D eigenvalue weighted by atomic mass is 9.69. The summed E-state index contributed by atoms with van der Waals surface area (Å²) in [6.45, 7) is 6.02. The maximum absolute atomic E-state index is 13.1. The van der Waals surface area contributed by atoms with Gasteiger partial charge in [-0.1, -0.05) is 72.3 Å². The van der Waals surface area contributed by atoms with Gasteiger partial charge in [0.15, 0.2) is 0 Å². The Kier molecular flexibility index (Phi) is 7.39. The van der Waals surface area contributed by atoms with Crippen LogP contribution in [0.3, 0.4) is 0 Å². The first-order chi connectivity index (χ1) is 16.7. The summed E-state index contributed by atoms with van der Waals surface area (Å²) in [5.74, 6) is 0.285. The van der Waals surface area contributed by atoms with E-state index in [1.165, 1.54) is 0 Å². The Morgan fingerprint density at radius 2 is 1.63 bits per heavy atom. The largest absolute Gasteiger partial charge is 0.508 e. The third-order valence-electron chi connectivity index (χ3n) is 7.28. The van der Waals surface area contributed by atoms with Gasteiger partial charge in [-0.05, 0) is 56.4 Å². The van der Waals surface area contributed by atoms with Crippen LogP contribution < -0.4 is 10.5 Å². The molecule has 1 aliphatic heterocycles. The van der Waals surface area contributed by atoms with Gasteiger partial charge in [-0.25, -0.2) is 0 Å². The molecular weight excluding hydrogens is 460 g/mol. The Morgan fingerprint density at radius 1 is 1.03 bits per heavy atom. The third kappa shape index (κ3) is 5.31. The first-order valence-corrected chi connectivity index (χ1v) is 12.4. The smallest absolute Gasteiger partial charge is 0.232 e. The van der Waals surface area contributed by atoms with Crippen molar-refractivity contribution in [1.29, 1.82) is 0 Å². The SMILES string of the molecule is CC(C)(CCC(C(N)=O)(c1ccccc1)c1ccccc1)N1CCC(Oc2cc(O)ccc2Cl)C1. The second-order valence-electron chi connectivity index (χ2n) is 9.90. The number of ether oxygens (including phenoxy) is 1. The molecule has 1 aliphatic rings. The minimum absolute atomic E-state index is 0.0299. The molecule has 3 N–H and O–H groups in total. The van der Waals surface area contributed by atoms with E-state index in [9.17, 15) is 9.90 Å². The summed E-state index contributed by atoms with van der Waals surface area (Å²) < 4.78 is 6.13. The topological polar surface area (TPSA) is 75.8 Å². The number of carbonyl (C=O) groups is 1. The van der Waals surface area contributed by atoms with Crippen LogP contribution in [0.5, 0.6) is 11.5 Å². The van der Waals surface area contributed by atoms with Crippen LogP contribution in [0.15, 0.2) is 78.9 Å². The molecule has 6 heteroatoms. The van der Waals surface area contributed by atoms with E-state index in [1.807, 2.05) is 60.7 Å². The number of phenols is 1. The molecule has 35 heavy (non-hydrogen) atoms. The van der Waals surface area contributed by atoms with E-state index in [0.29, 0.717) is 17.2 Å². The minimum Gasteiger partial charge on any atom is -0.508 e. The van der Waals surface area contributed by atoms with Gasteiger partial charge in [0.1, 0.15) is 17.6 Å². The molecule has 5 nitrogen and oxygen atoms in total. The summed E-state index contributed by atoms with van der Waals surface area (Å²) in [6, 6.07) is 24.4. The average molecular weight is 493 g/mol. The lowest BCUT2D eigenvalue weighted by Crippen LogP contribution is -2.47. The molecule has 184 valence electrons. The van der Waals surface area contributed by atoms with Crippen LogP contribution in [-0.2, 0) is 10.2 Å². The zero-order chi connectivity index (χ0) is 25.1. The molecule has 0 bridgehead atoms. The highest BCUT2D eigenvalue weighted by Gasteiger charge is 2.43. The quantitative estimate of drug-likeness (QED) is 0.412. The van der Waals surface area contributed by atoms with Crippen molar-refractivity contribution in [2.24, 2.45) is 5.73 Å². The van der Waals surface area contributed by atoms with Gasteiger partial charge in [-0.2, -0.15) is 0 Å². The summed E-state index contributed by atoms with van der Waals surface area (Å²) in [7, 11) is 0. The maximum Gasteiger partial charge on any atom is 0.232 e. The Morgan fingerprint density at radius 3 is 2.20 bits per heavy atom. The van der Waals surface area contributed by atoms with Crippen LogP contribution in [0.4, 0.5) is 0 Å². The molecule has 1 heterocycles. The number of nitrogens with zero attached hydrogens (tertiary/aromatic N) is 1. The summed E-state index contributed by atoms with van der Waals surface area (Å²) in [6.07, 6.45) is 2.18. The molecular formula is C29H33ClN2O3. The molecule has 0 spiro atoms. The van der Waals surface area contributed by atoms with Crippen LogP contribution in [0, 0.1) is 0 Å². The Hall–Kier alpha value is -3.02. The van der Waals surface area contributed by atoms with Crippen LogP contribution >= 0.6 is 11.6 Å². The summed E-state index contributed by atoms with van der Waals surface area (Å²) in [5.41, 5.74) is 6.87. The Balaban J connectivity index is 1.53. The number of likely N-dealkylation sites (tertiary alicyclic amines) is 1. The fourth-order valence-corrected chi connectivity index (χ4v) is 5.26. The van der Waals surface area contributed by atoms with Gasteiger partial charge in [0.2, 0.25) is 5.91 Å². The van der Waals surface area contributed by atoms with Crippen LogP contribution in [0.2, 0.25) is 5.02 Å². The predicted octanol–water partition coefficient (Wildman–Crippen LogP) is 5.53. The van der Waals surface area contributed by atoms with E-state index in [1.54, 1.807) is 18.2 Å². The number of rotatable bonds is 9. The van der Waals surface area contributed by atoms with Crippen molar-refractivity contribution < 1.29 is 14.6 Å². The van der Waals surface area contributed by atoms with E-state index in [4.69, 9.17) is 22.1 Å². The van der Waals surface area contributed by atoms with Crippen molar-refractivity contribution in [1.82, 2.24) is 4.90 Å². The number of hydrogen-bond donors (Lipinski definition) is 2. The number of phenolic OH excluding ortho intramolecular Hbond substituents is 1. The van der Waals surface area contributed by atoms with Gasteiger partial charge in [0.05, 0.1) is 10.4 Å². The fourth-order valence-electron chi connectivity index (χ4n) is 5.10. The van der Waals surface area contributed by atoms with E-state index in [2.05, 4.69) is 18.7 Å². The van der Waals surface area contributed by atoms with Gasteiger partial charge in [-0.15, -0.1) is 0 Å². The Labute approximate surface area is 212 Å². The van der Waals surface area contributed by atoms with Gasteiger partial charge in [0, 0.05) is 24.7 Å². The van der Waals surface area contributed by atoms with Gasteiger partial charge in [0.25, 0.3) is 0 Å². The molecule has 4 rings (SSSR count). The molecule has 3 aromatic carbocycles. The second-order valence-corrected chi connectivity index (χ2v) is 10.3. The number of hydrogen-bond acceptors (Lipinski definition) is 4. The van der Waals surface area contributed by atoms with E-state index >= 15 is 0 Å². The van der Waals surface area contributed by atoms with Crippen molar-refractivity contribution in [2.45, 2.75) is 50.2 Å². The van der Waals surface area contributed by atoms with Crippen molar-refractivity contribution in [2.75, 3.05) is 13.1 Å². The molecule has 0 radical (unpaired) electrons. The molecule has 0 aliphatic carbocycles. The highest BCUT2D eigenvalue weighted by Crippen LogP contribution is 2.40. The van der Waals surface area contributed by atoms with Gasteiger partial charge < -0.3 is 15.6 Å². The molecule has 1 saturated heterocycles. The van der Waals surface area contributed by atoms with Crippen molar-refractivity contribution in [3.63, 3.8) is 0 Å². The number of nitrogens with two attached hydrogens (primary N) is 1. The van der Waals surface area contributed by atoms with E-state index in [0.717, 1.165) is 37.1 Å². The maximum atomic E-state index is 13.1. The number of halogens is 1. The van der Waals surface area contributed by atoms with Crippen molar-refractivity contribution >= 4 is 17.5 Å². The molecule has 0 aromatic heterocycles. The highest BCUT2D eigenvalue weighted by molar-refractivity contribution is 6.32. The zero-order valence-electron chi connectivity index (χ0n) is 20.3. The lowest BCUT2D eigenvalue weighted by Gasteiger charge is -2.40. The number of aromatic hydroxyl groups is 1. The first-order valence-electron chi connectivity index (χ1n) is 12.0. The molecule has 1 fully saturated rings. The first kappa shape index (κ1) is 25.1. The van der Waals surface area contributed by atoms with Gasteiger partial charge >= 0.3 is 0 Å². The van der Waals surface area contributed by atoms with Crippen LogP contribution in [0.25, 0.3) is 0 Å². The molecule has 1 atom stereocenters. The van der Waals surface area contributed by atoms with Gasteiger partial charge in [-0.3, -0.25) is 9.69 Å². The van der Waals surface area contributed by atoms with Crippen molar-refractivity contribution in [3.05, 3.63) is 95.0 Å². The Bertz CT molecular complexity index is 1110. The van der Waals surface area contributed by atoms with Crippen molar-refractivity contribution in [3.8, 4) is 11.5 Å². The fraction of sp³-hybridized carbons (Fsp3) is 0.345. The molecule has 1 amide bonds. The minimum atomic E-state index is -0.912. The average Bonchev–Trinajstić information content (AvgIpc) is 3.33.